The van der Waals surface area contributed by atoms with Gasteiger partial charge < -0.3 is 19.7 Å². The lowest BCUT2D eigenvalue weighted by molar-refractivity contribution is -0.130. The minimum absolute atomic E-state index is 0.0738. The van der Waals surface area contributed by atoms with Crippen LogP contribution in [-0.2, 0) is 9.53 Å². The molecule has 2 aromatic heterocycles. The van der Waals surface area contributed by atoms with Crippen LogP contribution in [0.15, 0.2) is 58.3 Å². The number of aromatic nitrogens is 5. The van der Waals surface area contributed by atoms with Crippen molar-refractivity contribution in [1.29, 1.82) is 0 Å². The highest BCUT2D eigenvalue weighted by molar-refractivity contribution is 5.79. The summed E-state index contributed by atoms with van der Waals surface area (Å²) in [6, 6.07) is 11.5. The van der Waals surface area contributed by atoms with E-state index < -0.39 is 29.5 Å². The number of hydrogen-bond acceptors (Lipinski definition) is 8. The van der Waals surface area contributed by atoms with Gasteiger partial charge in [-0.25, -0.2) is 13.6 Å². The van der Waals surface area contributed by atoms with Crippen molar-refractivity contribution in [3.05, 3.63) is 92.3 Å². The van der Waals surface area contributed by atoms with E-state index in [1.807, 2.05) is 18.2 Å². The van der Waals surface area contributed by atoms with E-state index in [0.717, 1.165) is 43.0 Å². The number of halogens is 2. The van der Waals surface area contributed by atoms with Gasteiger partial charge in [-0.1, -0.05) is 50.3 Å². The number of benzene rings is 1. The molecule has 14 heteroatoms. The first kappa shape index (κ1) is 38.7. The minimum Gasteiger partial charge on any atom is -0.393 e. The van der Waals surface area contributed by atoms with E-state index in [-0.39, 0.29) is 50.2 Å². The fourth-order valence-corrected chi connectivity index (χ4v) is 8.46. The number of carbonyl (C=O) groups excluding carboxylic acids is 1. The summed E-state index contributed by atoms with van der Waals surface area (Å²) in [6.07, 6.45) is 9.40. The molecule has 0 spiro atoms. The highest BCUT2D eigenvalue weighted by Gasteiger charge is 2.43. The van der Waals surface area contributed by atoms with Crippen molar-refractivity contribution in [2.75, 3.05) is 13.2 Å². The Morgan fingerprint density at radius 3 is 2.32 bits per heavy atom. The highest BCUT2D eigenvalue weighted by Crippen LogP contribution is 2.43. The first-order valence-corrected chi connectivity index (χ1v) is 19.0. The third kappa shape index (κ3) is 9.04. The Balaban J connectivity index is 0.000000250. The zero-order valence-electron chi connectivity index (χ0n) is 31.1. The monoisotopic (exact) mass is 737 g/mol. The molecule has 4 aliphatic rings. The average Bonchev–Trinajstić information content (AvgIpc) is 3.83. The fourth-order valence-electron chi connectivity index (χ4n) is 8.46. The van der Waals surface area contributed by atoms with Gasteiger partial charge in [0.2, 0.25) is 11.8 Å². The zero-order valence-corrected chi connectivity index (χ0v) is 31.1. The average molecular weight is 738 g/mol. The van der Waals surface area contributed by atoms with Crippen LogP contribution in [0.4, 0.5) is 8.78 Å². The maximum absolute atomic E-state index is 13.6. The lowest BCUT2D eigenvalue weighted by Crippen LogP contribution is -2.45. The molecule has 1 aromatic carbocycles. The molecule has 1 saturated carbocycles. The van der Waals surface area contributed by atoms with Gasteiger partial charge in [0.25, 0.3) is 5.56 Å². The number of ether oxygens (including phenoxy) is 1. The zero-order chi connectivity index (χ0) is 37.9. The van der Waals surface area contributed by atoms with Gasteiger partial charge in [0, 0.05) is 61.1 Å². The van der Waals surface area contributed by atoms with Crippen LogP contribution in [0, 0.1) is 19.8 Å². The Morgan fingerprint density at radius 2 is 1.70 bits per heavy atom. The summed E-state index contributed by atoms with van der Waals surface area (Å²) in [5.74, 6) is -0.572. The minimum atomic E-state index is -2.62. The number of alkyl halides is 2. The number of fused-ring (bicyclic) bond motifs is 2. The number of carbonyl (C=O) groups is 1. The molecule has 3 N–H and O–H groups in total. The van der Waals surface area contributed by atoms with E-state index in [9.17, 15) is 23.2 Å². The number of aryl methyl sites for hydroxylation is 2. The van der Waals surface area contributed by atoms with Gasteiger partial charge in [0.1, 0.15) is 17.8 Å². The van der Waals surface area contributed by atoms with E-state index in [2.05, 4.69) is 62.9 Å². The number of H-pyrrole nitrogens is 1. The van der Waals surface area contributed by atoms with Gasteiger partial charge >= 0.3 is 5.69 Å². The van der Waals surface area contributed by atoms with Crippen LogP contribution in [0.25, 0.3) is 0 Å². The normalized spacial score (nSPS) is 26.0. The van der Waals surface area contributed by atoms with Crippen molar-refractivity contribution in [3.63, 3.8) is 0 Å². The van der Waals surface area contributed by atoms with Gasteiger partial charge in [-0.15, -0.1) is 10.2 Å². The Labute approximate surface area is 308 Å². The maximum Gasteiger partial charge on any atom is 0.330 e. The van der Waals surface area contributed by atoms with Gasteiger partial charge in [0.15, 0.2) is 6.23 Å². The van der Waals surface area contributed by atoms with E-state index in [1.165, 1.54) is 23.6 Å². The molecular formula is C39H53F2N7O5. The standard InChI is InChI=1S/C29H41F2N5O.C10H12N2O4/c1-19(2)27-34-33-20(3)36(27)25-17-23-9-10-24(18-25)35(23)16-13-26(21-7-5-4-6-8-21)32-28(37)22-11-14-29(30,31)15-12-22;1-6-4-12(10(15)11-9(6)14)8-3-2-7(5-13)16-8/h4-8,19,22-26H,9-18H2,1-3H3,(H,32,37);2-4,7-8,13H,5H2,1H3,(H,11,14,15)/t23-,24+,25?,26-;7-,8+/m00/s1. The van der Waals surface area contributed by atoms with Crippen LogP contribution in [0.3, 0.4) is 0 Å². The van der Waals surface area contributed by atoms with Crippen molar-refractivity contribution >= 4 is 5.91 Å². The molecule has 2 saturated heterocycles. The lowest BCUT2D eigenvalue weighted by atomic mass is 9.86. The molecule has 6 atom stereocenters. The first-order valence-electron chi connectivity index (χ1n) is 19.0. The maximum atomic E-state index is 13.6. The summed E-state index contributed by atoms with van der Waals surface area (Å²) < 4.78 is 36.3. The van der Waals surface area contributed by atoms with Gasteiger partial charge in [-0.3, -0.25) is 24.0 Å². The number of rotatable bonds is 10. The summed E-state index contributed by atoms with van der Waals surface area (Å²) in [5.41, 5.74) is 0.593. The van der Waals surface area contributed by atoms with Crippen molar-refractivity contribution in [1.82, 2.24) is 34.5 Å². The topological polar surface area (TPSA) is 147 Å². The van der Waals surface area contributed by atoms with Crippen LogP contribution in [0.1, 0.15) is 119 Å². The Kier molecular flexibility index (Phi) is 12.1. The second-order valence-electron chi connectivity index (χ2n) is 15.4. The van der Waals surface area contributed by atoms with Gasteiger partial charge in [-0.2, -0.15) is 0 Å². The molecule has 53 heavy (non-hydrogen) atoms. The Bertz CT molecular complexity index is 1830. The van der Waals surface area contributed by atoms with E-state index in [4.69, 9.17) is 9.84 Å². The summed E-state index contributed by atoms with van der Waals surface area (Å²) in [7, 11) is 0. The number of aromatic amines is 1. The smallest absolute Gasteiger partial charge is 0.330 e. The number of nitrogens with zero attached hydrogens (tertiary/aromatic N) is 5. The third-order valence-electron chi connectivity index (χ3n) is 11.3. The van der Waals surface area contributed by atoms with E-state index in [0.29, 0.717) is 29.6 Å². The molecular weight excluding hydrogens is 684 g/mol. The van der Waals surface area contributed by atoms with Crippen LogP contribution in [-0.4, -0.2) is 77.5 Å². The molecule has 3 fully saturated rings. The van der Waals surface area contributed by atoms with Crippen LogP contribution in [0.5, 0.6) is 0 Å². The quantitative estimate of drug-likeness (QED) is 0.240. The predicted molar refractivity (Wildman–Crippen MR) is 196 cm³/mol. The summed E-state index contributed by atoms with van der Waals surface area (Å²) >= 11 is 0. The van der Waals surface area contributed by atoms with Crippen LogP contribution >= 0.6 is 0 Å². The molecule has 3 aliphatic heterocycles. The van der Waals surface area contributed by atoms with Crippen LogP contribution in [0.2, 0.25) is 0 Å². The third-order valence-corrected chi connectivity index (χ3v) is 11.3. The van der Waals surface area contributed by atoms with E-state index >= 15 is 0 Å². The Morgan fingerprint density at radius 1 is 1.02 bits per heavy atom. The number of nitrogens with one attached hydrogen (secondary N) is 2. The molecule has 7 rings (SSSR count). The second-order valence-corrected chi connectivity index (χ2v) is 15.4. The first-order chi connectivity index (χ1) is 25.3. The number of aliphatic hydroxyl groups is 1. The molecule has 1 amide bonds. The van der Waals surface area contributed by atoms with Crippen molar-refractivity contribution in [3.8, 4) is 0 Å². The molecule has 5 heterocycles. The van der Waals surface area contributed by atoms with E-state index in [1.54, 1.807) is 19.1 Å². The number of piperidine rings is 1. The highest BCUT2D eigenvalue weighted by atomic mass is 19.3. The van der Waals surface area contributed by atoms with Gasteiger partial charge in [0.05, 0.1) is 12.6 Å². The second kappa shape index (κ2) is 16.6. The summed E-state index contributed by atoms with van der Waals surface area (Å²) in [6.45, 7) is 8.82. The molecule has 12 nitrogen and oxygen atoms in total. The SMILES string of the molecule is Cc1cn([C@H]2C=C[C@@H](CO)O2)c(=O)[nH]c1=O.Cc1nnc(C(C)C)n1C1C[C@H]2CC[C@@H](C1)N2CC[C@H](NC(=O)C1CCC(F)(F)CC1)c1ccccc1. The molecule has 1 aliphatic carbocycles. The lowest BCUT2D eigenvalue weighted by Gasteiger charge is -2.40. The molecule has 2 bridgehead atoms. The fraction of sp³-hybridized carbons (Fsp3) is 0.615. The van der Waals surface area contributed by atoms with Crippen molar-refractivity contribution in [2.45, 2.75) is 134 Å². The molecule has 1 unspecified atom stereocenters. The molecule has 3 aromatic rings. The summed E-state index contributed by atoms with van der Waals surface area (Å²) in [4.78, 5) is 40.6. The van der Waals surface area contributed by atoms with Gasteiger partial charge in [-0.05, 0) is 70.4 Å². The number of amides is 1. The number of aliphatic hydroxyl groups excluding tert-OH is 1. The largest absolute Gasteiger partial charge is 0.393 e. The van der Waals surface area contributed by atoms with Crippen molar-refractivity contribution < 1.29 is 23.4 Å². The van der Waals surface area contributed by atoms with Crippen LogP contribution < -0.4 is 16.6 Å². The Hall–Kier alpha value is -4.01. The molecule has 0 radical (unpaired) electrons. The van der Waals surface area contributed by atoms with Crippen molar-refractivity contribution in [2.24, 2.45) is 5.92 Å². The predicted octanol–water partition coefficient (Wildman–Crippen LogP) is 5.24. The molecule has 288 valence electrons. The summed E-state index contributed by atoms with van der Waals surface area (Å²) in [5, 5.41) is 21.0. The number of hydrogen-bond donors (Lipinski definition) is 3.